The highest BCUT2D eigenvalue weighted by Gasteiger charge is 2.36. The van der Waals surface area contributed by atoms with Crippen LogP contribution in [0, 0.1) is 5.92 Å². The Kier molecular flexibility index (Phi) is 5.34. The summed E-state index contributed by atoms with van der Waals surface area (Å²) in [6, 6.07) is 3.04. The van der Waals surface area contributed by atoms with E-state index in [1.807, 2.05) is 0 Å². The number of halogens is 3. The normalized spacial score (nSPS) is 14.3. The van der Waals surface area contributed by atoms with Gasteiger partial charge in [-0.3, -0.25) is 4.79 Å². The van der Waals surface area contributed by atoms with Gasteiger partial charge in [0.2, 0.25) is 0 Å². The highest BCUT2D eigenvalue weighted by atomic mass is 19.4. The van der Waals surface area contributed by atoms with Crippen LogP contribution in [0.4, 0.5) is 13.2 Å². The third kappa shape index (κ3) is 4.21. The van der Waals surface area contributed by atoms with Crippen LogP contribution in [0.1, 0.15) is 36.2 Å². The highest BCUT2D eigenvalue weighted by molar-refractivity contribution is 5.98. The first-order valence-electron chi connectivity index (χ1n) is 6.38. The Morgan fingerprint density at radius 2 is 1.86 bits per heavy atom. The number of hydrogen-bond acceptors (Lipinski definition) is 2. The Bertz CT molecular complexity index is 528. The van der Waals surface area contributed by atoms with Crippen LogP contribution in [0.25, 0.3) is 0 Å². The molecule has 1 amide bonds. The van der Waals surface area contributed by atoms with Crippen molar-refractivity contribution in [2.45, 2.75) is 32.5 Å². The zero-order valence-electron chi connectivity index (χ0n) is 11.6. The number of amides is 1. The molecule has 21 heavy (non-hydrogen) atoms. The maximum absolute atomic E-state index is 12.8. The summed E-state index contributed by atoms with van der Waals surface area (Å²) in [6.45, 7) is 3.34. The van der Waals surface area contributed by atoms with Crippen molar-refractivity contribution in [2.75, 3.05) is 0 Å². The predicted octanol–water partition coefficient (Wildman–Crippen LogP) is 2.93. The van der Waals surface area contributed by atoms with Gasteiger partial charge in [-0.2, -0.15) is 13.2 Å². The Morgan fingerprint density at radius 1 is 1.29 bits per heavy atom. The molecule has 0 heterocycles. The smallest absolute Gasteiger partial charge is 0.417 e. The van der Waals surface area contributed by atoms with Crippen molar-refractivity contribution in [3.8, 4) is 0 Å². The Labute approximate surface area is 120 Å². The van der Waals surface area contributed by atoms with Gasteiger partial charge in [-0.25, -0.2) is 4.79 Å². The minimum absolute atomic E-state index is 0.399. The van der Waals surface area contributed by atoms with Gasteiger partial charge < -0.3 is 10.4 Å². The molecule has 0 aliphatic carbocycles. The van der Waals surface area contributed by atoms with Crippen molar-refractivity contribution in [2.24, 2.45) is 5.92 Å². The second-order valence-electron chi connectivity index (χ2n) is 4.72. The van der Waals surface area contributed by atoms with Gasteiger partial charge in [0.15, 0.2) is 0 Å². The second kappa shape index (κ2) is 6.60. The largest absolute Gasteiger partial charge is 0.480 e. The molecular formula is C14H16F3NO3. The third-order valence-corrected chi connectivity index (χ3v) is 3.24. The Hall–Kier alpha value is -2.05. The summed E-state index contributed by atoms with van der Waals surface area (Å²) in [5.41, 5.74) is -1.67. The molecule has 0 spiro atoms. The van der Waals surface area contributed by atoms with E-state index in [0.717, 1.165) is 12.1 Å². The molecule has 1 aromatic rings. The number of carboxylic acid groups (broad SMARTS) is 1. The van der Waals surface area contributed by atoms with Gasteiger partial charge in [-0.05, 0) is 18.1 Å². The summed E-state index contributed by atoms with van der Waals surface area (Å²) in [7, 11) is 0. The molecule has 2 N–H and O–H groups in total. The van der Waals surface area contributed by atoms with Crippen LogP contribution in [-0.2, 0) is 11.0 Å². The van der Waals surface area contributed by atoms with Crippen molar-refractivity contribution >= 4 is 11.9 Å². The van der Waals surface area contributed by atoms with E-state index in [1.54, 1.807) is 13.8 Å². The number of alkyl halides is 3. The molecule has 0 unspecified atom stereocenters. The van der Waals surface area contributed by atoms with E-state index >= 15 is 0 Å². The molecule has 0 aliphatic rings. The molecule has 0 saturated heterocycles. The van der Waals surface area contributed by atoms with Gasteiger partial charge in [0.05, 0.1) is 11.1 Å². The molecule has 0 radical (unpaired) electrons. The number of nitrogens with one attached hydrogen (secondary N) is 1. The lowest BCUT2D eigenvalue weighted by Crippen LogP contribution is -2.45. The molecule has 0 aromatic heterocycles. The van der Waals surface area contributed by atoms with E-state index in [0.29, 0.717) is 6.42 Å². The first-order valence-corrected chi connectivity index (χ1v) is 6.38. The van der Waals surface area contributed by atoms with Gasteiger partial charge in [-0.1, -0.05) is 32.4 Å². The van der Waals surface area contributed by atoms with Crippen LogP contribution in [0.15, 0.2) is 24.3 Å². The summed E-state index contributed by atoms with van der Waals surface area (Å²) in [6.07, 6.45) is -4.21. The van der Waals surface area contributed by atoms with Gasteiger partial charge >= 0.3 is 12.1 Å². The molecule has 7 heteroatoms. The SMILES string of the molecule is CC[C@@H](C)[C@@H](NC(=O)c1ccccc1C(F)(F)F)C(=O)O. The van der Waals surface area contributed by atoms with Gasteiger partial charge in [-0.15, -0.1) is 0 Å². The number of rotatable bonds is 5. The lowest BCUT2D eigenvalue weighted by atomic mass is 9.98. The van der Waals surface area contributed by atoms with Crippen LogP contribution in [0.2, 0.25) is 0 Å². The zero-order chi connectivity index (χ0) is 16.2. The minimum atomic E-state index is -4.68. The Balaban J connectivity index is 3.07. The van der Waals surface area contributed by atoms with E-state index < -0.39 is 41.1 Å². The van der Waals surface area contributed by atoms with E-state index in [9.17, 15) is 22.8 Å². The number of carbonyl (C=O) groups excluding carboxylic acids is 1. The van der Waals surface area contributed by atoms with Crippen LogP contribution in [0.3, 0.4) is 0 Å². The van der Waals surface area contributed by atoms with E-state index in [-0.39, 0.29) is 0 Å². The molecule has 0 fully saturated rings. The standard InChI is InChI=1S/C14H16F3NO3/c1-3-8(2)11(13(20)21)18-12(19)9-6-4-5-7-10(9)14(15,16)17/h4-8,11H,3H2,1-2H3,(H,18,19)(H,20,21)/t8-,11-/m1/s1. The number of carboxylic acids is 1. The molecule has 0 bridgehead atoms. The molecule has 1 aromatic carbocycles. The molecule has 0 saturated carbocycles. The summed E-state index contributed by atoms with van der Waals surface area (Å²) in [4.78, 5) is 23.1. The molecule has 0 aliphatic heterocycles. The van der Waals surface area contributed by atoms with E-state index in [1.165, 1.54) is 12.1 Å². The highest BCUT2D eigenvalue weighted by Crippen LogP contribution is 2.31. The van der Waals surface area contributed by atoms with Crippen LogP contribution in [-0.4, -0.2) is 23.0 Å². The topological polar surface area (TPSA) is 66.4 Å². The molecule has 4 nitrogen and oxygen atoms in total. The van der Waals surface area contributed by atoms with Gasteiger partial charge in [0.25, 0.3) is 5.91 Å². The average molecular weight is 303 g/mol. The van der Waals surface area contributed by atoms with Crippen molar-refractivity contribution in [1.82, 2.24) is 5.32 Å². The molecule has 2 atom stereocenters. The number of carbonyl (C=O) groups is 2. The van der Waals surface area contributed by atoms with Crippen molar-refractivity contribution in [3.63, 3.8) is 0 Å². The van der Waals surface area contributed by atoms with E-state index in [2.05, 4.69) is 5.32 Å². The van der Waals surface area contributed by atoms with Crippen LogP contribution in [0.5, 0.6) is 0 Å². The van der Waals surface area contributed by atoms with Crippen molar-refractivity contribution < 1.29 is 27.9 Å². The van der Waals surface area contributed by atoms with Crippen LogP contribution >= 0.6 is 0 Å². The maximum Gasteiger partial charge on any atom is 0.417 e. The average Bonchev–Trinajstić information content (AvgIpc) is 2.42. The molecular weight excluding hydrogens is 287 g/mol. The summed E-state index contributed by atoms with van der Waals surface area (Å²) >= 11 is 0. The minimum Gasteiger partial charge on any atom is -0.480 e. The Morgan fingerprint density at radius 3 is 2.33 bits per heavy atom. The molecule has 116 valence electrons. The fraction of sp³-hybridized carbons (Fsp3) is 0.429. The van der Waals surface area contributed by atoms with E-state index in [4.69, 9.17) is 5.11 Å². The maximum atomic E-state index is 12.8. The fourth-order valence-electron chi connectivity index (χ4n) is 1.83. The summed E-state index contributed by atoms with van der Waals surface area (Å²) < 4.78 is 38.5. The fourth-order valence-corrected chi connectivity index (χ4v) is 1.83. The van der Waals surface area contributed by atoms with Gasteiger partial charge in [0.1, 0.15) is 6.04 Å². The van der Waals surface area contributed by atoms with Crippen molar-refractivity contribution in [1.29, 1.82) is 0 Å². The van der Waals surface area contributed by atoms with Crippen molar-refractivity contribution in [3.05, 3.63) is 35.4 Å². The molecule has 1 rings (SSSR count). The lowest BCUT2D eigenvalue weighted by molar-refractivity contribution is -0.140. The predicted molar refractivity (Wildman–Crippen MR) is 69.8 cm³/mol. The third-order valence-electron chi connectivity index (χ3n) is 3.24. The lowest BCUT2D eigenvalue weighted by Gasteiger charge is -2.21. The van der Waals surface area contributed by atoms with Gasteiger partial charge in [0, 0.05) is 0 Å². The first kappa shape index (κ1) is 17.0. The number of aliphatic carboxylic acids is 1. The number of hydrogen-bond donors (Lipinski definition) is 2. The zero-order valence-corrected chi connectivity index (χ0v) is 11.6. The second-order valence-corrected chi connectivity index (χ2v) is 4.72. The summed E-state index contributed by atoms with van der Waals surface area (Å²) in [5.74, 6) is -2.72. The quantitative estimate of drug-likeness (QED) is 0.879. The first-order chi connectivity index (χ1) is 9.68. The number of benzene rings is 1. The van der Waals surface area contributed by atoms with Crippen LogP contribution < -0.4 is 5.32 Å². The monoisotopic (exact) mass is 303 g/mol. The summed E-state index contributed by atoms with van der Waals surface area (Å²) in [5, 5.41) is 11.2.